The molecule has 0 amide bonds. The molecule has 0 aromatic carbocycles. The van der Waals surface area contributed by atoms with Gasteiger partial charge in [-0.05, 0) is 24.6 Å². The molecule has 104 valence electrons. The Hall–Kier alpha value is 0.137. The van der Waals surface area contributed by atoms with Crippen molar-refractivity contribution in [2.75, 3.05) is 6.54 Å². The molecule has 2 nitrogen and oxygen atoms in total. The smallest absolute Gasteiger partial charge is 0.192 e. The minimum atomic E-state index is -1.64. The van der Waals surface area contributed by atoms with Gasteiger partial charge in [-0.3, -0.25) is 0 Å². The minimum Gasteiger partial charge on any atom is -0.413 e. The van der Waals surface area contributed by atoms with Gasteiger partial charge in [-0.25, -0.2) is 0 Å². The zero-order chi connectivity index (χ0) is 13.5. The molecule has 0 saturated heterocycles. The summed E-state index contributed by atoms with van der Waals surface area (Å²) in [5.74, 6) is 0. The van der Waals surface area contributed by atoms with Crippen molar-refractivity contribution in [1.29, 1.82) is 0 Å². The van der Waals surface area contributed by atoms with Crippen LogP contribution in [0, 0.1) is 0 Å². The topological polar surface area (TPSA) is 35.2 Å². The summed E-state index contributed by atoms with van der Waals surface area (Å²) in [5, 5.41) is 0.282. The lowest BCUT2D eigenvalue weighted by atomic mass is 10.1. The van der Waals surface area contributed by atoms with Gasteiger partial charge in [0, 0.05) is 6.54 Å². The second-order valence-corrected chi connectivity index (χ2v) is 11.3. The van der Waals surface area contributed by atoms with Crippen LogP contribution in [0.5, 0.6) is 0 Å². The highest BCUT2D eigenvalue weighted by Gasteiger charge is 2.38. The number of unbranched alkanes of at least 4 members (excludes halogenated alkanes) is 3. The molecule has 2 N–H and O–H groups in total. The molecule has 0 rings (SSSR count). The normalized spacial score (nSPS) is 15.0. The van der Waals surface area contributed by atoms with Crippen LogP contribution in [-0.2, 0) is 4.43 Å². The van der Waals surface area contributed by atoms with Gasteiger partial charge in [-0.1, -0.05) is 53.4 Å². The van der Waals surface area contributed by atoms with E-state index in [1.54, 1.807) is 0 Å². The molecule has 0 aliphatic heterocycles. The molecule has 0 aromatic rings. The standard InChI is InChI=1S/C14H33NOSi/c1-7-8-9-10-11-13(12-15)16-17(5,6)14(2,3)4/h13H,7-12,15H2,1-6H3. The molecular weight excluding hydrogens is 226 g/mol. The number of nitrogens with two attached hydrogens (primary N) is 1. The van der Waals surface area contributed by atoms with E-state index in [1.165, 1.54) is 25.7 Å². The quantitative estimate of drug-likeness (QED) is 0.521. The van der Waals surface area contributed by atoms with Gasteiger partial charge in [0.05, 0.1) is 6.10 Å². The predicted octanol–water partition coefficient (Wildman–Crippen LogP) is 4.31. The van der Waals surface area contributed by atoms with Gasteiger partial charge < -0.3 is 10.2 Å². The van der Waals surface area contributed by atoms with Crippen molar-refractivity contribution in [1.82, 2.24) is 0 Å². The summed E-state index contributed by atoms with van der Waals surface area (Å²) >= 11 is 0. The van der Waals surface area contributed by atoms with Gasteiger partial charge in [-0.2, -0.15) is 0 Å². The van der Waals surface area contributed by atoms with E-state index in [2.05, 4.69) is 40.8 Å². The monoisotopic (exact) mass is 259 g/mol. The van der Waals surface area contributed by atoms with Crippen LogP contribution in [0.25, 0.3) is 0 Å². The molecule has 0 aliphatic carbocycles. The molecule has 0 radical (unpaired) electrons. The average molecular weight is 260 g/mol. The molecule has 0 heterocycles. The summed E-state index contributed by atoms with van der Waals surface area (Å²) in [6.45, 7) is 14.4. The third kappa shape index (κ3) is 6.58. The zero-order valence-electron chi connectivity index (χ0n) is 12.8. The molecular formula is C14H33NOSi. The first-order chi connectivity index (χ1) is 7.74. The number of rotatable bonds is 8. The van der Waals surface area contributed by atoms with Crippen LogP contribution in [-0.4, -0.2) is 21.0 Å². The van der Waals surface area contributed by atoms with Gasteiger partial charge in [-0.15, -0.1) is 0 Å². The van der Waals surface area contributed by atoms with E-state index >= 15 is 0 Å². The maximum atomic E-state index is 6.35. The lowest BCUT2D eigenvalue weighted by molar-refractivity contribution is 0.174. The number of hydrogen-bond donors (Lipinski definition) is 1. The van der Waals surface area contributed by atoms with Crippen LogP contribution in [0.4, 0.5) is 0 Å². The van der Waals surface area contributed by atoms with E-state index in [-0.39, 0.29) is 11.1 Å². The van der Waals surface area contributed by atoms with Crippen LogP contribution in [0.3, 0.4) is 0 Å². The molecule has 1 atom stereocenters. The molecule has 0 bridgehead atoms. The maximum absolute atomic E-state index is 6.35. The fourth-order valence-electron chi connectivity index (χ4n) is 1.62. The first kappa shape index (κ1) is 17.1. The Bertz CT molecular complexity index is 199. The van der Waals surface area contributed by atoms with Gasteiger partial charge in [0.1, 0.15) is 0 Å². The molecule has 0 aliphatic rings. The van der Waals surface area contributed by atoms with Gasteiger partial charge in [0.25, 0.3) is 0 Å². The second kappa shape index (κ2) is 7.55. The van der Waals surface area contributed by atoms with E-state index in [1.807, 2.05) is 0 Å². The Morgan fingerprint density at radius 3 is 2.12 bits per heavy atom. The van der Waals surface area contributed by atoms with E-state index in [0.29, 0.717) is 6.54 Å². The van der Waals surface area contributed by atoms with Crippen molar-refractivity contribution in [2.45, 2.75) is 84.0 Å². The van der Waals surface area contributed by atoms with Crippen LogP contribution < -0.4 is 5.73 Å². The Balaban J connectivity index is 4.12. The van der Waals surface area contributed by atoms with E-state index in [0.717, 1.165) is 6.42 Å². The van der Waals surface area contributed by atoms with Crippen LogP contribution in [0.15, 0.2) is 0 Å². The van der Waals surface area contributed by atoms with Gasteiger partial charge in [0.2, 0.25) is 0 Å². The molecule has 0 saturated carbocycles. The average Bonchev–Trinajstić information content (AvgIpc) is 2.20. The summed E-state index contributed by atoms with van der Waals surface area (Å²) in [4.78, 5) is 0. The summed E-state index contributed by atoms with van der Waals surface area (Å²) in [6.07, 6.45) is 6.59. The summed E-state index contributed by atoms with van der Waals surface area (Å²) in [5.41, 5.74) is 5.84. The van der Waals surface area contributed by atoms with Gasteiger partial charge in [0.15, 0.2) is 8.32 Å². The molecule has 3 heteroatoms. The third-order valence-corrected chi connectivity index (χ3v) is 8.44. The summed E-state index contributed by atoms with van der Waals surface area (Å²) in [7, 11) is -1.64. The first-order valence-corrected chi connectivity index (χ1v) is 10.0. The zero-order valence-corrected chi connectivity index (χ0v) is 13.8. The van der Waals surface area contributed by atoms with Crippen molar-refractivity contribution >= 4 is 8.32 Å². The minimum absolute atomic E-state index is 0.271. The fourth-order valence-corrected chi connectivity index (χ4v) is 3.02. The van der Waals surface area contributed by atoms with Crippen LogP contribution in [0.2, 0.25) is 18.1 Å². The molecule has 0 aromatic heterocycles. The molecule has 17 heavy (non-hydrogen) atoms. The van der Waals surface area contributed by atoms with Crippen molar-refractivity contribution in [3.63, 3.8) is 0 Å². The van der Waals surface area contributed by atoms with E-state index < -0.39 is 8.32 Å². The predicted molar refractivity (Wildman–Crippen MR) is 79.9 cm³/mol. The fraction of sp³-hybridized carbons (Fsp3) is 1.00. The highest BCUT2D eigenvalue weighted by molar-refractivity contribution is 6.74. The lowest BCUT2D eigenvalue weighted by Gasteiger charge is -2.39. The number of hydrogen-bond acceptors (Lipinski definition) is 2. The largest absolute Gasteiger partial charge is 0.413 e. The summed E-state index contributed by atoms with van der Waals surface area (Å²) in [6, 6.07) is 0. The van der Waals surface area contributed by atoms with Crippen molar-refractivity contribution in [3.05, 3.63) is 0 Å². The highest BCUT2D eigenvalue weighted by Crippen LogP contribution is 2.37. The van der Waals surface area contributed by atoms with Crippen molar-refractivity contribution in [2.24, 2.45) is 5.73 Å². The van der Waals surface area contributed by atoms with Crippen LogP contribution >= 0.6 is 0 Å². The second-order valence-electron chi connectivity index (χ2n) is 6.59. The molecule has 0 spiro atoms. The van der Waals surface area contributed by atoms with Crippen LogP contribution in [0.1, 0.15) is 59.8 Å². The third-order valence-electron chi connectivity index (χ3n) is 3.91. The summed E-state index contributed by atoms with van der Waals surface area (Å²) < 4.78 is 6.35. The Labute approximate surface area is 109 Å². The molecule has 0 fully saturated rings. The van der Waals surface area contributed by atoms with Gasteiger partial charge >= 0.3 is 0 Å². The SMILES string of the molecule is CCCCCCC(CN)O[Si](C)(C)C(C)(C)C. The maximum Gasteiger partial charge on any atom is 0.192 e. The Morgan fingerprint density at radius 2 is 1.71 bits per heavy atom. The Kier molecular flexibility index (Phi) is 7.61. The molecule has 1 unspecified atom stereocenters. The van der Waals surface area contributed by atoms with E-state index in [4.69, 9.17) is 10.2 Å². The van der Waals surface area contributed by atoms with Crippen molar-refractivity contribution < 1.29 is 4.43 Å². The van der Waals surface area contributed by atoms with E-state index in [9.17, 15) is 0 Å². The van der Waals surface area contributed by atoms with Crippen molar-refractivity contribution in [3.8, 4) is 0 Å². The Morgan fingerprint density at radius 1 is 1.12 bits per heavy atom. The highest BCUT2D eigenvalue weighted by atomic mass is 28.4. The lowest BCUT2D eigenvalue weighted by Crippen LogP contribution is -2.45. The first-order valence-electron chi connectivity index (χ1n) is 7.12.